The molecule has 0 N–H and O–H groups in total. The van der Waals surface area contributed by atoms with Gasteiger partial charge < -0.3 is 9.80 Å². The Hall–Kier alpha value is -1.95. The van der Waals surface area contributed by atoms with Crippen LogP contribution in [0, 0.1) is 5.92 Å². The number of hydrogen-bond donors (Lipinski definition) is 0. The number of likely N-dealkylation sites (N-methyl/N-ethyl adjacent to an activating group) is 1. The van der Waals surface area contributed by atoms with E-state index in [9.17, 15) is 9.59 Å². The molecular weight excluding hydrogens is 328 g/mol. The van der Waals surface area contributed by atoms with Gasteiger partial charge in [0.25, 0.3) is 5.91 Å². The Morgan fingerprint density at radius 2 is 2.12 bits per heavy atom. The normalized spacial score (nSPS) is 27.7. The van der Waals surface area contributed by atoms with Crippen molar-refractivity contribution in [1.82, 2.24) is 19.7 Å². The van der Waals surface area contributed by atoms with E-state index in [4.69, 9.17) is 0 Å². The number of aromatic nitrogens is 1. The number of piperazine rings is 1. The summed E-state index contributed by atoms with van der Waals surface area (Å²) >= 11 is 0. The summed E-state index contributed by atoms with van der Waals surface area (Å²) in [5, 5.41) is 0. The lowest BCUT2D eigenvalue weighted by atomic mass is 9.86. The Morgan fingerprint density at radius 3 is 2.85 bits per heavy atom. The summed E-state index contributed by atoms with van der Waals surface area (Å²) in [6, 6.07) is 3.63. The number of carbonyl (C=O) groups excluding carboxylic acids is 2. The van der Waals surface area contributed by atoms with Gasteiger partial charge in [0.05, 0.1) is 5.56 Å². The summed E-state index contributed by atoms with van der Waals surface area (Å²) in [6.45, 7) is 4.02. The molecule has 0 radical (unpaired) electrons. The van der Waals surface area contributed by atoms with Crippen molar-refractivity contribution < 1.29 is 9.59 Å². The van der Waals surface area contributed by atoms with E-state index in [1.165, 1.54) is 12.8 Å². The van der Waals surface area contributed by atoms with Crippen molar-refractivity contribution in [1.29, 1.82) is 0 Å². The van der Waals surface area contributed by atoms with Crippen LogP contribution in [-0.2, 0) is 4.79 Å². The van der Waals surface area contributed by atoms with E-state index in [0.717, 1.165) is 44.9 Å². The quantitative estimate of drug-likeness (QED) is 0.826. The second kappa shape index (κ2) is 6.99. The maximum Gasteiger partial charge on any atom is 0.255 e. The lowest BCUT2D eigenvalue weighted by molar-refractivity contribution is -0.130. The molecule has 3 fully saturated rings. The molecule has 1 aromatic rings. The van der Waals surface area contributed by atoms with E-state index in [2.05, 4.69) is 21.8 Å². The minimum absolute atomic E-state index is 0.0518. The van der Waals surface area contributed by atoms with E-state index in [1.54, 1.807) is 18.5 Å². The third-order valence-corrected chi connectivity index (χ3v) is 6.38. The summed E-state index contributed by atoms with van der Waals surface area (Å²) in [5.74, 6) is 1.06. The van der Waals surface area contributed by atoms with Crippen molar-refractivity contribution in [2.75, 3.05) is 39.8 Å². The summed E-state index contributed by atoms with van der Waals surface area (Å²) in [4.78, 5) is 35.9. The van der Waals surface area contributed by atoms with Crippen molar-refractivity contribution in [2.24, 2.45) is 5.92 Å². The molecule has 140 valence electrons. The average Bonchev–Trinajstić information content (AvgIpc) is 3.50. The highest BCUT2D eigenvalue weighted by molar-refractivity contribution is 5.94. The molecule has 1 atom stereocenters. The summed E-state index contributed by atoms with van der Waals surface area (Å²) in [7, 11) is 2.15. The third-order valence-electron chi connectivity index (χ3n) is 6.38. The molecule has 3 aliphatic rings. The van der Waals surface area contributed by atoms with E-state index in [1.807, 2.05) is 11.0 Å². The second-order valence-corrected chi connectivity index (χ2v) is 8.15. The van der Waals surface area contributed by atoms with Crippen LogP contribution in [0.1, 0.15) is 42.5 Å². The first-order valence-corrected chi connectivity index (χ1v) is 9.76. The van der Waals surface area contributed by atoms with Gasteiger partial charge in [-0.1, -0.05) is 0 Å². The van der Waals surface area contributed by atoms with Crippen LogP contribution < -0.4 is 0 Å². The topological polar surface area (TPSA) is 56.8 Å². The van der Waals surface area contributed by atoms with Gasteiger partial charge in [0, 0.05) is 57.1 Å². The molecule has 1 aliphatic carbocycles. The molecule has 1 saturated carbocycles. The van der Waals surface area contributed by atoms with Gasteiger partial charge in [-0.25, -0.2) is 0 Å². The van der Waals surface area contributed by atoms with Gasteiger partial charge in [-0.2, -0.15) is 0 Å². The highest BCUT2D eigenvalue weighted by atomic mass is 16.2. The molecule has 2 aliphatic heterocycles. The highest BCUT2D eigenvalue weighted by Gasteiger charge is 2.44. The van der Waals surface area contributed by atoms with Gasteiger partial charge >= 0.3 is 0 Å². The van der Waals surface area contributed by atoms with Crippen molar-refractivity contribution in [3.05, 3.63) is 30.1 Å². The maximum absolute atomic E-state index is 12.9. The molecule has 0 bridgehead atoms. The molecule has 4 rings (SSSR count). The van der Waals surface area contributed by atoms with Gasteiger partial charge in [0.15, 0.2) is 0 Å². The minimum Gasteiger partial charge on any atom is -0.342 e. The number of pyridine rings is 1. The van der Waals surface area contributed by atoms with Crippen LogP contribution in [0.25, 0.3) is 0 Å². The fourth-order valence-corrected chi connectivity index (χ4v) is 4.34. The van der Waals surface area contributed by atoms with Crippen LogP contribution in [0.2, 0.25) is 0 Å². The SMILES string of the molecule is CN1CCN(C(=O)c2cccnc2)C[C@@]12CCC(=O)N(CC1CC1)CC2. The standard InChI is InChI=1S/C20H28N4O2/c1-22-11-12-24(19(26)17-3-2-9-21-13-17)15-20(22)7-6-18(25)23(10-8-20)14-16-4-5-16/h2-3,9,13,16H,4-8,10-12,14-15H2,1H3/t20-/m0/s1. The Kier molecular flexibility index (Phi) is 4.69. The Morgan fingerprint density at radius 1 is 1.27 bits per heavy atom. The fraction of sp³-hybridized carbons (Fsp3) is 0.650. The number of hydrogen-bond acceptors (Lipinski definition) is 4. The predicted octanol–water partition coefficient (Wildman–Crippen LogP) is 1.63. The number of rotatable bonds is 3. The summed E-state index contributed by atoms with van der Waals surface area (Å²) in [6.07, 6.45) is 8.23. The number of amides is 2. The second-order valence-electron chi connectivity index (χ2n) is 8.15. The predicted molar refractivity (Wildman–Crippen MR) is 98.7 cm³/mol. The number of nitrogens with zero attached hydrogens (tertiary/aromatic N) is 4. The lowest BCUT2D eigenvalue weighted by Crippen LogP contribution is -2.62. The van der Waals surface area contributed by atoms with E-state index in [0.29, 0.717) is 18.5 Å². The van der Waals surface area contributed by atoms with E-state index >= 15 is 0 Å². The van der Waals surface area contributed by atoms with Crippen LogP contribution in [0.3, 0.4) is 0 Å². The van der Waals surface area contributed by atoms with Crippen molar-refractivity contribution in [3.63, 3.8) is 0 Å². The number of likely N-dealkylation sites (tertiary alicyclic amines) is 1. The first-order chi connectivity index (χ1) is 12.6. The highest BCUT2D eigenvalue weighted by Crippen LogP contribution is 2.35. The average molecular weight is 356 g/mol. The molecular formula is C20H28N4O2. The smallest absolute Gasteiger partial charge is 0.255 e. The molecule has 0 aromatic carbocycles. The zero-order valence-electron chi connectivity index (χ0n) is 15.6. The fourth-order valence-electron chi connectivity index (χ4n) is 4.34. The summed E-state index contributed by atoms with van der Waals surface area (Å²) in [5.41, 5.74) is 0.552. The van der Waals surface area contributed by atoms with Crippen molar-refractivity contribution >= 4 is 11.8 Å². The molecule has 2 saturated heterocycles. The van der Waals surface area contributed by atoms with Gasteiger partial charge in [-0.15, -0.1) is 0 Å². The van der Waals surface area contributed by atoms with Crippen LogP contribution in [0.5, 0.6) is 0 Å². The Labute approximate surface area is 155 Å². The third kappa shape index (κ3) is 3.47. The van der Waals surface area contributed by atoms with Crippen LogP contribution in [0.4, 0.5) is 0 Å². The first kappa shape index (κ1) is 17.5. The van der Waals surface area contributed by atoms with Crippen LogP contribution in [-0.4, -0.2) is 76.8 Å². The van der Waals surface area contributed by atoms with E-state index in [-0.39, 0.29) is 17.4 Å². The maximum atomic E-state index is 12.9. The van der Waals surface area contributed by atoms with Crippen LogP contribution in [0.15, 0.2) is 24.5 Å². The van der Waals surface area contributed by atoms with Crippen molar-refractivity contribution in [3.8, 4) is 0 Å². The Bertz CT molecular complexity index is 676. The molecule has 2 amide bonds. The zero-order chi connectivity index (χ0) is 18.1. The molecule has 3 heterocycles. The minimum atomic E-state index is -0.0932. The summed E-state index contributed by atoms with van der Waals surface area (Å²) < 4.78 is 0. The molecule has 1 aromatic heterocycles. The molecule has 6 nitrogen and oxygen atoms in total. The van der Waals surface area contributed by atoms with Crippen molar-refractivity contribution in [2.45, 2.75) is 37.6 Å². The van der Waals surface area contributed by atoms with Gasteiger partial charge in [0.2, 0.25) is 5.91 Å². The molecule has 26 heavy (non-hydrogen) atoms. The largest absolute Gasteiger partial charge is 0.342 e. The first-order valence-electron chi connectivity index (χ1n) is 9.76. The Balaban J connectivity index is 1.48. The van der Waals surface area contributed by atoms with E-state index < -0.39 is 0 Å². The zero-order valence-corrected chi connectivity index (χ0v) is 15.6. The van der Waals surface area contributed by atoms with Gasteiger partial charge in [0.1, 0.15) is 0 Å². The van der Waals surface area contributed by atoms with Gasteiger partial charge in [-0.3, -0.25) is 19.5 Å². The lowest BCUT2D eigenvalue weighted by Gasteiger charge is -2.49. The molecule has 0 unspecified atom stereocenters. The number of carbonyl (C=O) groups is 2. The molecule has 6 heteroatoms. The molecule has 1 spiro atoms. The van der Waals surface area contributed by atoms with Gasteiger partial charge in [-0.05, 0) is 50.8 Å². The van der Waals surface area contributed by atoms with Crippen LogP contribution >= 0.6 is 0 Å². The monoisotopic (exact) mass is 356 g/mol.